The van der Waals surface area contributed by atoms with E-state index in [0.29, 0.717) is 22.1 Å². The van der Waals surface area contributed by atoms with Gasteiger partial charge >= 0.3 is 0 Å². The molecule has 0 radical (unpaired) electrons. The maximum atomic E-state index is 13.9. The Kier molecular flexibility index (Phi) is 4.88. The number of aryl methyl sites for hydroxylation is 2. The number of hydrogen-bond acceptors (Lipinski definition) is 5. The first-order chi connectivity index (χ1) is 16.5. The van der Waals surface area contributed by atoms with Crippen LogP contribution in [0.25, 0.3) is 22.3 Å². The SMILES string of the molecule is COc1ccc(-c2c3c(nn2C)[C@H]2CCC[C@@H](C3)N2C(=O)c2nn(C)c3ncccc23)cc1Cl. The first kappa shape index (κ1) is 21.2. The zero-order chi connectivity index (χ0) is 23.6. The Morgan fingerprint density at radius 2 is 2.00 bits per heavy atom. The van der Waals surface area contributed by atoms with E-state index in [9.17, 15) is 4.79 Å². The summed E-state index contributed by atoms with van der Waals surface area (Å²) in [5.74, 6) is 0.603. The summed E-state index contributed by atoms with van der Waals surface area (Å²) in [7, 11) is 5.40. The van der Waals surface area contributed by atoms with Crippen LogP contribution in [0, 0.1) is 0 Å². The second-order valence-electron chi connectivity index (χ2n) is 9.05. The van der Waals surface area contributed by atoms with Crippen molar-refractivity contribution in [1.29, 1.82) is 0 Å². The van der Waals surface area contributed by atoms with E-state index in [4.69, 9.17) is 21.4 Å². The quantitative estimate of drug-likeness (QED) is 0.440. The molecule has 0 unspecified atom stereocenters. The summed E-state index contributed by atoms with van der Waals surface area (Å²) in [6.07, 6.45) is 5.40. The monoisotopic (exact) mass is 476 g/mol. The van der Waals surface area contributed by atoms with Crippen LogP contribution in [-0.2, 0) is 20.5 Å². The summed E-state index contributed by atoms with van der Waals surface area (Å²) in [5, 5.41) is 10.8. The zero-order valence-electron chi connectivity index (χ0n) is 19.3. The molecule has 2 aliphatic heterocycles. The van der Waals surface area contributed by atoms with E-state index in [1.165, 1.54) is 5.56 Å². The van der Waals surface area contributed by atoms with Gasteiger partial charge in [0.05, 0.1) is 34.9 Å². The number of carbonyl (C=O) groups is 1. The standard InChI is InChI=1S/C25H25ClN6O2/c1-30-23(14-9-10-20(34-3)18(26)12-14)17-13-15-6-4-8-19(21(17)28-30)32(15)25(33)22-16-7-5-11-27-24(16)31(2)29-22/h5,7,9-12,15,19H,4,6,8,13H2,1-3H3/t15-,19+/m0/s1. The number of piperidine rings is 1. The lowest BCUT2D eigenvalue weighted by Crippen LogP contribution is -2.50. The van der Waals surface area contributed by atoms with Gasteiger partial charge in [0, 0.05) is 37.5 Å². The van der Waals surface area contributed by atoms with Crippen LogP contribution >= 0.6 is 11.6 Å². The van der Waals surface area contributed by atoms with Gasteiger partial charge in [0.25, 0.3) is 5.91 Å². The van der Waals surface area contributed by atoms with Crippen LogP contribution in [0.1, 0.15) is 47.1 Å². The lowest BCUT2D eigenvalue weighted by molar-refractivity contribution is 0.0387. The van der Waals surface area contributed by atoms with Crippen LogP contribution < -0.4 is 4.74 Å². The molecule has 2 aliphatic rings. The Morgan fingerprint density at radius 1 is 1.15 bits per heavy atom. The first-order valence-corrected chi connectivity index (χ1v) is 11.9. The van der Waals surface area contributed by atoms with Crippen molar-refractivity contribution in [2.45, 2.75) is 37.8 Å². The van der Waals surface area contributed by atoms with Crippen molar-refractivity contribution in [1.82, 2.24) is 29.4 Å². The number of pyridine rings is 1. The van der Waals surface area contributed by atoms with Gasteiger partial charge in [-0.2, -0.15) is 10.2 Å². The van der Waals surface area contributed by atoms with Crippen molar-refractivity contribution >= 4 is 28.5 Å². The molecule has 6 rings (SSSR count). The maximum absolute atomic E-state index is 13.9. The molecular weight excluding hydrogens is 452 g/mol. The summed E-state index contributed by atoms with van der Waals surface area (Å²) in [6.45, 7) is 0. The van der Waals surface area contributed by atoms with Crippen LogP contribution in [0.15, 0.2) is 36.5 Å². The summed E-state index contributed by atoms with van der Waals surface area (Å²) in [4.78, 5) is 20.3. The zero-order valence-corrected chi connectivity index (χ0v) is 20.1. The lowest BCUT2D eigenvalue weighted by Gasteiger charge is -2.45. The van der Waals surface area contributed by atoms with Crippen LogP contribution in [0.2, 0.25) is 5.02 Å². The molecular formula is C25H25ClN6O2. The molecule has 1 fully saturated rings. The fourth-order valence-corrected chi connectivity index (χ4v) is 5.95. The third-order valence-electron chi connectivity index (χ3n) is 7.14. The molecule has 2 bridgehead atoms. The van der Waals surface area contributed by atoms with E-state index >= 15 is 0 Å². The van der Waals surface area contributed by atoms with Crippen molar-refractivity contribution < 1.29 is 9.53 Å². The lowest BCUT2D eigenvalue weighted by atomic mass is 9.81. The number of amides is 1. The summed E-state index contributed by atoms with van der Waals surface area (Å²) in [6, 6.07) is 9.62. The van der Waals surface area contributed by atoms with E-state index < -0.39 is 0 Å². The fourth-order valence-electron chi connectivity index (χ4n) is 5.69. The van der Waals surface area contributed by atoms with Crippen LogP contribution in [0.5, 0.6) is 5.75 Å². The van der Waals surface area contributed by atoms with Gasteiger partial charge in [0.15, 0.2) is 11.3 Å². The Hall–Kier alpha value is -3.39. The number of hydrogen-bond donors (Lipinski definition) is 0. The smallest absolute Gasteiger partial charge is 0.275 e. The van der Waals surface area contributed by atoms with Gasteiger partial charge in [-0.05, 0) is 56.0 Å². The number of carbonyl (C=O) groups excluding carboxylic acids is 1. The van der Waals surface area contributed by atoms with Gasteiger partial charge in [0.1, 0.15) is 5.75 Å². The second kappa shape index (κ2) is 7.84. The predicted octanol–water partition coefficient (Wildman–Crippen LogP) is 4.32. The largest absolute Gasteiger partial charge is 0.495 e. The Bertz CT molecular complexity index is 1440. The summed E-state index contributed by atoms with van der Waals surface area (Å²) in [5.41, 5.74) is 5.41. The third-order valence-corrected chi connectivity index (χ3v) is 7.43. The van der Waals surface area contributed by atoms with E-state index in [-0.39, 0.29) is 18.0 Å². The van der Waals surface area contributed by atoms with Crippen molar-refractivity contribution in [2.75, 3.05) is 7.11 Å². The Labute approximate surface area is 202 Å². The fraction of sp³-hybridized carbons (Fsp3) is 0.360. The number of benzene rings is 1. The number of halogens is 1. The summed E-state index contributed by atoms with van der Waals surface area (Å²) >= 11 is 6.44. The third kappa shape index (κ3) is 3.05. The van der Waals surface area contributed by atoms with Crippen molar-refractivity contribution in [3.05, 3.63) is 58.5 Å². The molecule has 0 N–H and O–H groups in total. The molecule has 5 heterocycles. The highest BCUT2D eigenvalue weighted by molar-refractivity contribution is 6.32. The average molecular weight is 477 g/mol. The van der Waals surface area contributed by atoms with Gasteiger partial charge in [-0.25, -0.2) is 9.67 Å². The normalized spacial score (nSPS) is 19.4. The molecule has 2 atom stereocenters. The van der Waals surface area contributed by atoms with Crippen LogP contribution in [0.3, 0.4) is 0 Å². The number of rotatable bonds is 3. The highest BCUT2D eigenvalue weighted by Crippen LogP contribution is 2.45. The van der Waals surface area contributed by atoms with Crippen molar-refractivity contribution in [3.8, 4) is 17.0 Å². The Balaban J connectivity index is 1.43. The van der Waals surface area contributed by atoms with Gasteiger partial charge in [-0.3, -0.25) is 9.48 Å². The molecule has 8 nitrogen and oxygen atoms in total. The minimum atomic E-state index is -0.0719. The molecule has 0 saturated carbocycles. The highest BCUT2D eigenvalue weighted by Gasteiger charge is 2.44. The molecule has 0 aliphatic carbocycles. The van der Waals surface area contributed by atoms with E-state index in [2.05, 4.69) is 10.1 Å². The molecule has 1 saturated heterocycles. The summed E-state index contributed by atoms with van der Waals surface area (Å²) < 4.78 is 8.93. The van der Waals surface area contributed by atoms with E-state index in [1.54, 1.807) is 18.0 Å². The second-order valence-corrected chi connectivity index (χ2v) is 9.46. The number of methoxy groups -OCH3 is 1. The minimum Gasteiger partial charge on any atom is -0.495 e. The van der Waals surface area contributed by atoms with E-state index in [0.717, 1.165) is 48.0 Å². The molecule has 0 spiro atoms. The molecule has 34 heavy (non-hydrogen) atoms. The Morgan fingerprint density at radius 3 is 2.79 bits per heavy atom. The molecule has 9 heteroatoms. The topological polar surface area (TPSA) is 78.1 Å². The van der Waals surface area contributed by atoms with Crippen LogP contribution in [0.4, 0.5) is 0 Å². The number of nitrogens with zero attached hydrogens (tertiary/aromatic N) is 6. The van der Waals surface area contributed by atoms with E-state index in [1.807, 2.05) is 54.0 Å². The first-order valence-electron chi connectivity index (χ1n) is 11.5. The number of aromatic nitrogens is 5. The van der Waals surface area contributed by atoms with Gasteiger partial charge < -0.3 is 9.64 Å². The minimum absolute atomic E-state index is 0.0429. The number of ether oxygens (including phenoxy) is 1. The van der Waals surface area contributed by atoms with Crippen molar-refractivity contribution in [2.24, 2.45) is 14.1 Å². The molecule has 4 aromatic rings. The average Bonchev–Trinajstić information content (AvgIpc) is 3.35. The molecule has 1 amide bonds. The van der Waals surface area contributed by atoms with Gasteiger partial charge in [-0.15, -0.1) is 0 Å². The number of fused-ring (bicyclic) bond motifs is 5. The highest BCUT2D eigenvalue weighted by atomic mass is 35.5. The van der Waals surface area contributed by atoms with Crippen LogP contribution in [-0.4, -0.2) is 48.5 Å². The predicted molar refractivity (Wildman–Crippen MR) is 129 cm³/mol. The van der Waals surface area contributed by atoms with Gasteiger partial charge in [0.2, 0.25) is 0 Å². The molecule has 1 aromatic carbocycles. The van der Waals surface area contributed by atoms with Gasteiger partial charge in [-0.1, -0.05) is 11.6 Å². The molecule has 174 valence electrons. The maximum Gasteiger partial charge on any atom is 0.275 e. The molecule has 3 aromatic heterocycles. The van der Waals surface area contributed by atoms with Crippen molar-refractivity contribution in [3.63, 3.8) is 0 Å².